The normalized spacial score (nSPS) is 33.0. The molecule has 2 aliphatic rings. The van der Waals surface area contributed by atoms with Crippen LogP contribution in [0.2, 0.25) is 0 Å². The van der Waals surface area contributed by atoms with Gasteiger partial charge >= 0.3 is 0 Å². The summed E-state index contributed by atoms with van der Waals surface area (Å²) in [6.07, 6.45) is 5.59. The molecule has 1 aliphatic heterocycles. The van der Waals surface area contributed by atoms with Gasteiger partial charge in [-0.15, -0.1) is 0 Å². The molecule has 2 rings (SSSR count). The highest BCUT2D eigenvalue weighted by Crippen LogP contribution is 2.31. The third-order valence-corrected chi connectivity index (χ3v) is 3.68. The zero-order valence-electron chi connectivity index (χ0n) is 8.90. The van der Waals surface area contributed by atoms with Crippen molar-refractivity contribution in [3.8, 4) is 0 Å². The second-order valence-electron chi connectivity index (χ2n) is 5.11. The van der Waals surface area contributed by atoms with E-state index in [1.807, 2.05) is 0 Å². The van der Waals surface area contributed by atoms with Gasteiger partial charge in [0, 0.05) is 24.7 Å². The summed E-state index contributed by atoms with van der Waals surface area (Å²) in [6.45, 7) is 6.97. The third kappa shape index (κ3) is 1.89. The molecule has 0 aromatic rings. The van der Waals surface area contributed by atoms with Crippen LogP contribution in [0.15, 0.2) is 0 Å². The highest BCUT2D eigenvalue weighted by atomic mass is 15.1. The topological polar surface area (TPSA) is 24.1 Å². The van der Waals surface area contributed by atoms with Gasteiger partial charge in [0.25, 0.3) is 0 Å². The lowest BCUT2D eigenvalue weighted by Gasteiger charge is -2.42. The molecule has 0 radical (unpaired) electrons. The quantitative estimate of drug-likeness (QED) is 0.642. The van der Waals surface area contributed by atoms with Crippen LogP contribution in [0.3, 0.4) is 0 Å². The van der Waals surface area contributed by atoms with Gasteiger partial charge in [-0.05, 0) is 18.8 Å². The van der Waals surface area contributed by atoms with E-state index in [-0.39, 0.29) is 0 Å². The lowest BCUT2D eigenvalue weighted by molar-refractivity contribution is 0.197. The molecule has 1 saturated carbocycles. The van der Waals surface area contributed by atoms with Crippen LogP contribution in [0.25, 0.3) is 0 Å². The van der Waals surface area contributed by atoms with Crippen LogP contribution in [0.1, 0.15) is 39.5 Å². The fraction of sp³-hybridized carbons (Fsp3) is 1.00. The van der Waals surface area contributed by atoms with Crippen LogP contribution in [-0.4, -0.2) is 24.7 Å². The Kier molecular flexibility index (Phi) is 2.61. The fourth-order valence-corrected chi connectivity index (χ4v) is 2.74. The van der Waals surface area contributed by atoms with Crippen LogP contribution in [-0.2, 0) is 0 Å². The molecule has 2 fully saturated rings. The monoisotopic (exact) mass is 182 g/mol. The van der Waals surface area contributed by atoms with Gasteiger partial charge in [0.05, 0.1) is 0 Å². The second-order valence-corrected chi connectivity index (χ2v) is 5.11. The summed E-state index contributed by atoms with van der Waals surface area (Å²) in [7, 11) is 0. The van der Waals surface area contributed by atoms with Gasteiger partial charge in [-0.25, -0.2) is 0 Å². The molecular formula is C11H22N2. The van der Waals surface area contributed by atoms with Gasteiger partial charge in [0.2, 0.25) is 0 Å². The minimum atomic E-state index is 0.465. The highest BCUT2D eigenvalue weighted by molar-refractivity contribution is 5.00. The predicted molar refractivity (Wildman–Crippen MR) is 55.8 cm³/mol. The molecule has 76 valence electrons. The number of hydrogen-bond donors (Lipinski definition) is 2. The van der Waals surface area contributed by atoms with Crippen molar-refractivity contribution in [1.29, 1.82) is 0 Å². The van der Waals surface area contributed by atoms with Crippen molar-refractivity contribution in [3.05, 3.63) is 0 Å². The highest BCUT2D eigenvalue weighted by Gasteiger charge is 2.38. The maximum absolute atomic E-state index is 3.87. The Balaban J connectivity index is 1.98. The molecule has 2 heteroatoms. The van der Waals surface area contributed by atoms with Gasteiger partial charge in [-0.1, -0.05) is 26.7 Å². The van der Waals surface area contributed by atoms with Crippen molar-refractivity contribution >= 4 is 0 Å². The molecule has 0 amide bonds. The van der Waals surface area contributed by atoms with E-state index in [2.05, 4.69) is 24.5 Å². The minimum Gasteiger partial charge on any atom is -0.313 e. The average molecular weight is 182 g/mol. The molecule has 1 spiro atoms. The first-order chi connectivity index (χ1) is 6.22. The largest absolute Gasteiger partial charge is 0.313 e. The summed E-state index contributed by atoms with van der Waals surface area (Å²) in [5.41, 5.74) is 0.465. The molecule has 2 N–H and O–H groups in total. The van der Waals surface area contributed by atoms with E-state index in [1.165, 1.54) is 32.2 Å². The van der Waals surface area contributed by atoms with Crippen molar-refractivity contribution in [3.63, 3.8) is 0 Å². The Morgan fingerprint density at radius 1 is 1.23 bits per heavy atom. The molecule has 1 atom stereocenters. The molecule has 1 heterocycles. The van der Waals surface area contributed by atoms with Crippen LogP contribution in [0, 0.1) is 5.92 Å². The fourth-order valence-electron chi connectivity index (χ4n) is 2.74. The summed E-state index contributed by atoms with van der Waals surface area (Å²) in [6, 6.07) is 0.687. The maximum Gasteiger partial charge on any atom is 0.0309 e. The third-order valence-electron chi connectivity index (χ3n) is 3.68. The lowest BCUT2D eigenvalue weighted by Crippen LogP contribution is -2.63. The Bertz CT molecular complexity index is 171. The molecule has 0 aromatic carbocycles. The van der Waals surface area contributed by atoms with Crippen molar-refractivity contribution in [2.24, 2.45) is 5.92 Å². The molecule has 13 heavy (non-hydrogen) atoms. The first-order valence-corrected chi connectivity index (χ1v) is 5.70. The summed E-state index contributed by atoms with van der Waals surface area (Å²) in [5, 5.41) is 7.45. The van der Waals surface area contributed by atoms with Gasteiger partial charge in [0.1, 0.15) is 0 Å². The number of rotatable bonds is 1. The first kappa shape index (κ1) is 9.47. The van der Waals surface area contributed by atoms with E-state index >= 15 is 0 Å². The maximum atomic E-state index is 3.87. The van der Waals surface area contributed by atoms with Crippen molar-refractivity contribution in [2.45, 2.75) is 51.1 Å². The molecule has 1 saturated heterocycles. The van der Waals surface area contributed by atoms with Gasteiger partial charge in [0.15, 0.2) is 0 Å². The van der Waals surface area contributed by atoms with E-state index in [9.17, 15) is 0 Å². The Hall–Kier alpha value is -0.0800. The van der Waals surface area contributed by atoms with Crippen LogP contribution >= 0.6 is 0 Å². The molecule has 0 bridgehead atoms. The van der Waals surface area contributed by atoms with Crippen molar-refractivity contribution < 1.29 is 0 Å². The number of piperazine rings is 1. The molecule has 0 aromatic heterocycles. The first-order valence-electron chi connectivity index (χ1n) is 5.70. The zero-order chi connectivity index (χ0) is 9.31. The standard InChI is InChI=1S/C11H22N2/c1-9(2)10-7-12-8-11(13-10)5-3-4-6-11/h9-10,12-13H,3-8H2,1-2H3. The summed E-state index contributed by atoms with van der Waals surface area (Å²) < 4.78 is 0. The smallest absolute Gasteiger partial charge is 0.0309 e. The van der Waals surface area contributed by atoms with E-state index in [0.717, 1.165) is 12.5 Å². The van der Waals surface area contributed by atoms with E-state index in [1.54, 1.807) is 0 Å². The molecule has 1 aliphatic carbocycles. The van der Waals surface area contributed by atoms with E-state index in [0.29, 0.717) is 11.6 Å². The van der Waals surface area contributed by atoms with Crippen LogP contribution in [0.4, 0.5) is 0 Å². The Morgan fingerprint density at radius 3 is 2.54 bits per heavy atom. The van der Waals surface area contributed by atoms with E-state index in [4.69, 9.17) is 0 Å². The number of nitrogens with one attached hydrogen (secondary N) is 2. The van der Waals surface area contributed by atoms with Crippen molar-refractivity contribution in [1.82, 2.24) is 10.6 Å². The Labute approximate surface area is 81.5 Å². The summed E-state index contributed by atoms with van der Waals surface area (Å²) >= 11 is 0. The van der Waals surface area contributed by atoms with Gasteiger partial charge in [-0.2, -0.15) is 0 Å². The Morgan fingerprint density at radius 2 is 1.92 bits per heavy atom. The number of hydrogen-bond acceptors (Lipinski definition) is 2. The predicted octanol–water partition coefficient (Wildman–Crippen LogP) is 1.52. The second kappa shape index (κ2) is 3.58. The molecule has 2 nitrogen and oxygen atoms in total. The van der Waals surface area contributed by atoms with Crippen LogP contribution < -0.4 is 10.6 Å². The molecular weight excluding hydrogens is 160 g/mol. The minimum absolute atomic E-state index is 0.465. The SMILES string of the molecule is CC(C)C1CNCC2(CCCC2)N1. The zero-order valence-corrected chi connectivity index (χ0v) is 8.90. The van der Waals surface area contributed by atoms with Crippen LogP contribution in [0.5, 0.6) is 0 Å². The summed E-state index contributed by atoms with van der Waals surface area (Å²) in [4.78, 5) is 0. The van der Waals surface area contributed by atoms with Gasteiger partial charge < -0.3 is 10.6 Å². The molecule has 1 unspecified atom stereocenters. The lowest BCUT2D eigenvalue weighted by atomic mass is 9.90. The van der Waals surface area contributed by atoms with Gasteiger partial charge in [-0.3, -0.25) is 0 Å². The van der Waals surface area contributed by atoms with Crippen molar-refractivity contribution in [2.75, 3.05) is 13.1 Å². The average Bonchev–Trinajstić information content (AvgIpc) is 2.53. The summed E-state index contributed by atoms with van der Waals surface area (Å²) in [5.74, 6) is 0.755. The van der Waals surface area contributed by atoms with E-state index < -0.39 is 0 Å².